The maximum Gasteiger partial charge on any atom is 0.305 e. The van der Waals surface area contributed by atoms with Gasteiger partial charge in [-0.1, -0.05) is 0 Å². The van der Waals surface area contributed by atoms with Gasteiger partial charge in [0.1, 0.15) is 5.82 Å². The van der Waals surface area contributed by atoms with Gasteiger partial charge in [-0.05, 0) is 18.2 Å². The molecule has 0 atom stereocenters. The number of nitro groups is 2. The fraction of sp³-hybridized carbons (Fsp3) is 0. The Morgan fingerprint density at radius 2 is 1.55 bits per heavy atom. The lowest BCUT2D eigenvalue weighted by Gasteiger charge is -2.03. The Kier molecular flexibility index (Phi) is 3.89. The number of carbonyl (C=O) groups is 1. The van der Waals surface area contributed by atoms with Gasteiger partial charge in [0.2, 0.25) is 5.82 Å². The SMILES string of the molecule is O=C(c1ccc(F)c([N+](=O)[O-])c1)c1cc([N+](=O)[O-])ccc1F. The summed E-state index contributed by atoms with van der Waals surface area (Å²) in [6, 6.07) is 4.61. The molecule has 7 nitrogen and oxygen atoms in total. The fourth-order valence-corrected chi connectivity index (χ4v) is 1.75. The summed E-state index contributed by atoms with van der Waals surface area (Å²) in [4.78, 5) is 31.6. The number of nitro benzene ring substituents is 2. The molecule has 0 unspecified atom stereocenters. The highest BCUT2D eigenvalue weighted by molar-refractivity contribution is 6.09. The van der Waals surface area contributed by atoms with E-state index in [-0.39, 0.29) is 5.56 Å². The first-order valence-corrected chi connectivity index (χ1v) is 5.74. The first kappa shape index (κ1) is 15.2. The molecule has 0 spiro atoms. The topological polar surface area (TPSA) is 103 Å². The molecule has 0 aliphatic heterocycles. The van der Waals surface area contributed by atoms with E-state index in [0.717, 1.165) is 18.2 Å². The molecule has 2 aromatic carbocycles. The fourth-order valence-electron chi connectivity index (χ4n) is 1.75. The number of rotatable bonds is 4. The summed E-state index contributed by atoms with van der Waals surface area (Å²) in [7, 11) is 0. The van der Waals surface area contributed by atoms with Crippen molar-refractivity contribution in [3.8, 4) is 0 Å². The van der Waals surface area contributed by atoms with Crippen molar-refractivity contribution in [3.63, 3.8) is 0 Å². The molecule has 0 N–H and O–H groups in total. The lowest BCUT2D eigenvalue weighted by molar-refractivity contribution is -0.387. The van der Waals surface area contributed by atoms with Crippen LogP contribution in [0.5, 0.6) is 0 Å². The second-order valence-electron chi connectivity index (χ2n) is 4.17. The molecule has 0 bridgehead atoms. The Hall–Kier alpha value is -3.23. The van der Waals surface area contributed by atoms with Crippen molar-refractivity contribution in [2.75, 3.05) is 0 Å². The summed E-state index contributed by atoms with van der Waals surface area (Å²) >= 11 is 0. The van der Waals surface area contributed by atoms with Crippen molar-refractivity contribution in [3.05, 3.63) is 79.4 Å². The number of hydrogen-bond donors (Lipinski definition) is 0. The largest absolute Gasteiger partial charge is 0.305 e. The van der Waals surface area contributed by atoms with E-state index < -0.39 is 44.2 Å². The first-order valence-electron chi connectivity index (χ1n) is 5.74. The minimum Gasteiger partial charge on any atom is -0.288 e. The molecule has 0 aromatic heterocycles. The van der Waals surface area contributed by atoms with E-state index in [1.165, 1.54) is 0 Å². The van der Waals surface area contributed by atoms with Crippen molar-refractivity contribution in [2.45, 2.75) is 0 Å². The van der Waals surface area contributed by atoms with Crippen LogP contribution in [0.1, 0.15) is 15.9 Å². The average molecular weight is 308 g/mol. The zero-order valence-electron chi connectivity index (χ0n) is 10.7. The Labute approximate surface area is 121 Å². The van der Waals surface area contributed by atoms with Crippen LogP contribution in [-0.4, -0.2) is 15.6 Å². The molecule has 0 heterocycles. The van der Waals surface area contributed by atoms with E-state index in [0.29, 0.717) is 18.2 Å². The molecule has 9 heteroatoms. The van der Waals surface area contributed by atoms with Gasteiger partial charge in [-0.15, -0.1) is 0 Å². The van der Waals surface area contributed by atoms with Crippen LogP contribution in [0.25, 0.3) is 0 Å². The predicted molar refractivity (Wildman–Crippen MR) is 69.5 cm³/mol. The zero-order valence-corrected chi connectivity index (χ0v) is 10.7. The zero-order chi connectivity index (χ0) is 16.4. The van der Waals surface area contributed by atoms with E-state index in [1.54, 1.807) is 0 Å². The number of halogens is 2. The molecule has 0 saturated carbocycles. The van der Waals surface area contributed by atoms with E-state index in [1.807, 2.05) is 0 Å². The Morgan fingerprint density at radius 1 is 0.909 bits per heavy atom. The molecule has 0 fully saturated rings. The molecule has 0 aliphatic carbocycles. The highest BCUT2D eigenvalue weighted by Gasteiger charge is 2.22. The maximum absolute atomic E-state index is 13.7. The number of non-ortho nitro benzene ring substituents is 1. The number of ketones is 1. The highest BCUT2D eigenvalue weighted by atomic mass is 19.1. The quantitative estimate of drug-likeness (QED) is 0.490. The Bertz CT molecular complexity index is 807. The first-order chi connectivity index (χ1) is 10.3. The summed E-state index contributed by atoms with van der Waals surface area (Å²) in [5, 5.41) is 21.3. The van der Waals surface area contributed by atoms with E-state index in [2.05, 4.69) is 0 Å². The molecule has 0 amide bonds. The van der Waals surface area contributed by atoms with Gasteiger partial charge in [0.25, 0.3) is 5.69 Å². The van der Waals surface area contributed by atoms with Crippen LogP contribution in [0, 0.1) is 31.9 Å². The summed E-state index contributed by atoms with van der Waals surface area (Å²) in [5.74, 6) is -3.20. The van der Waals surface area contributed by atoms with E-state index >= 15 is 0 Å². The van der Waals surface area contributed by atoms with Crippen LogP contribution in [-0.2, 0) is 0 Å². The third-order valence-corrected chi connectivity index (χ3v) is 2.81. The van der Waals surface area contributed by atoms with Gasteiger partial charge in [-0.3, -0.25) is 25.0 Å². The summed E-state index contributed by atoms with van der Waals surface area (Å²) in [6.07, 6.45) is 0. The molecular formula is C13H6F2N2O5. The van der Waals surface area contributed by atoms with Crippen molar-refractivity contribution >= 4 is 17.2 Å². The molecule has 0 saturated heterocycles. The Balaban J connectivity index is 2.53. The van der Waals surface area contributed by atoms with Gasteiger partial charge in [0.05, 0.1) is 15.4 Å². The number of carbonyl (C=O) groups excluding carboxylic acids is 1. The molecule has 0 radical (unpaired) electrons. The minimum atomic E-state index is -1.15. The van der Waals surface area contributed by atoms with Crippen LogP contribution in [0.3, 0.4) is 0 Å². The smallest absolute Gasteiger partial charge is 0.288 e. The van der Waals surface area contributed by atoms with Gasteiger partial charge in [-0.2, -0.15) is 4.39 Å². The maximum atomic E-state index is 13.7. The van der Waals surface area contributed by atoms with Gasteiger partial charge in [-0.25, -0.2) is 4.39 Å². The van der Waals surface area contributed by atoms with Crippen LogP contribution < -0.4 is 0 Å². The number of benzene rings is 2. The van der Waals surface area contributed by atoms with Gasteiger partial charge in [0.15, 0.2) is 5.78 Å². The normalized spacial score (nSPS) is 10.3. The van der Waals surface area contributed by atoms with Crippen LogP contribution in [0.4, 0.5) is 20.2 Å². The molecule has 2 rings (SSSR count). The second-order valence-corrected chi connectivity index (χ2v) is 4.17. The summed E-state index contributed by atoms with van der Waals surface area (Å²) < 4.78 is 26.9. The third-order valence-electron chi connectivity index (χ3n) is 2.81. The number of hydrogen-bond acceptors (Lipinski definition) is 5. The van der Waals surface area contributed by atoms with Crippen molar-refractivity contribution < 1.29 is 23.4 Å². The van der Waals surface area contributed by atoms with E-state index in [4.69, 9.17) is 0 Å². The Morgan fingerprint density at radius 3 is 2.14 bits per heavy atom. The minimum absolute atomic E-state index is 0.354. The lowest BCUT2D eigenvalue weighted by Crippen LogP contribution is -2.06. The van der Waals surface area contributed by atoms with Gasteiger partial charge < -0.3 is 0 Å². The molecule has 0 aliphatic rings. The standard InChI is InChI=1S/C13H6F2N2O5/c14-10-4-2-8(16(19)20)6-9(10)13(18)7-1-3-11(15)12(5-7)17(21)22/h1-6H. The number of nitrogens with zero attached hydrogens (tertiary/aromatic N) is 2. The van der Waals surface area contributed by atoms with Gasteiger partial charge in [0, 0.05) is 23.8 Å². The monoisotopic (exact) mass is 308 g/mol. The molecular weight excluding hydrogens is 302 g/mol. The van der Waals surface area contributed by atoms with E-state index in [9.17, 15) is 33.8 Å². The van der Waals surface area contributed by atoms with Crippen LogP contribution in [0.15, 0.2) is 36.4 Å². The summed E-state index contributed by atoms with van der Waals surface area (Å²) in [6.45, 7) is 0. The van der Waals surface area contributed by atoms with Crippen LogP contribution in [0.2, 0.25) is 0 Å². The van der Waals surface area contributed by atoms with Crippen LogP contribution >= 0.6 is 0 Å². The highest BCUT2D eigenvalue weighted by Crippen LogP contribution is 2.23. The average Bonchev–Trinajstić information content (AvgIpc) is 2.47. The molecule has 22 heavy (non-hydrogen) atoms. The summed E-state index contributed by atoms with van der Waals surface area (Å²) in [5.41, 5.74) is -2.44. The van der Waals surface area contributed by atoms with Crippen molar-refractivity contribution in [2.24, 2.45) is 0 Å². The second kappa shape index (κ2) is 5.64. The third kappa shape index (κ3) is 2.77. The molecule has 2 aromatic rings. The van der Waals surface area contributed by atoms with Crippen molar-refractivity contribution in [1.82, 2.24) is 0 Å². The van der Waals surface area contributed by atoms with Crippen molar-refractivity contribution in [1.29, 1.82) is 0 Å². The van der Waals surface area contributed by atoms with Gasteiger partial charge >= 0.3 is 5.69 Å². The predicted octanol–water partition coefficient (Wildman–Crippen LogP) is 3.01. The lowest BCUT2D eigenvalue weighted by atomic mass is 10.0. The molecule has 112 valence electrons.